The summed E-state index contributed by atoms with van der Waals surface area (Å²) in [5.74, 6) is -0.813. The lowest BCUT2D eigenvalue weighted by atomic mass is 9.33. The zero-order chi connectivity index (χ0) is 29.1. The molecule has 5 aliphatic carbocycles. The summed E-state index contributed by atoms with van der Waals surface area (Å²) < 4.78 is 10.8. The number of carboxylic acids is 1. The minimum absolute atomic E-state index is 0.0460. The van der Waals surface area contributed by atoms with E-state index in [1.807, 2.05) is 13.0 Å². The maximum Gasteiger partial charge on any atom is 0.441 e. The van der Waals surface area contributed by atoms with E-state index in [0.717, 1.165) is 44.9 Å². The molecule has 0 aliphatic heterocycles. The maximum absolute atomic E-state index is 14.5. The molecular formula is C32H46N2O6. The second kappa shape index (κ2) is 8.34. The molecule has 8 nitrogen and oxygen atoms in total. The number of H-pyrrole nitrogens is 1. The van der Waals surface area contributed by atoms with Crippen molar-refractivity contribution in [1.29, 1.82) is 0 Å². The van der Waals surface area contributed by atoms with Crippen LogP contribution in [0, 0.1) is 50.2 Å². The molecule has 2 N–H and O–H groups in total. The summed E-state index contributed by atoms with van der Waals surface area (Å²) in [5.41, 5.74) is -0.234. The number of allylic oxidation sites excluding steroid dienone is 2. The predicted molar refractivity (Wildman–Crippen MR) is 149 cm³/mol. The Morgan fingerprint density at radius 3 is 2.35 bits per heavy atom. The first-order chi connectivity index (χ1) is 18.5. The Balaban J connectivity index is 1.38. The van der Waals surface area contributed by atoms with E-state index in [2.05, 4.69) is 56.2 Å². The number of carbonyl (C=O) groups is 2. The third-order valence-electron chi connectivity index (χ3n) is 13.7. The summed E-state index contributed by atoms with van der Waals surface area (Å²) in [6.45, 7) is 15.8. The Morgan fingerprint density at radius 1 is 1.00 bits per heavy atom. The lowest BCUT2D eigenvalue weighted by Crippen LogP contribution is -2.67. The fraction of sp³-hybridized carbons (Fsp3) is 0.812. The third-order valence-corrected chi connectivity index (χ3v) is 13.7. The van der Waals surface area contributed by atoms with E-state index < -0.39 is 17.1 Å². The molecule has 4 saturated carbocycles. The first kappa shape index (κ1) is 27.8. The minimum Gasteiger partial charge on any atom is -0.481 e. The van der Waals surface area contributed by atoms with Gasteiger partial charge in [0.15, 0.2) is 5.78 Å². The SMILES string of the molecule is CC1(C)[C@@H](Oc2noc(=O)[nH]2)CC[C@]2(C)[C@H]3C(=O)C=C4[C@@H]5C[C@@](C)(C(=O)O)CC[C@]5(C)CC[C@@]4(C)[C@]3(C)CC[C@@H]12. The Hall–Kier alpha value is -2.38. The van der Waals surface area contributed by atoms with Crippen LogP contribution in [-0.4, -0.2) is 33.1 Å². The second-order valence-electron chi connectivity index (χ2n) is 15.9. The van der Waals surface area contributed by atoms with E-state index in [0.29, 0.717) is 12.8 Å². The first-order valence-electron chi connectivity index (χ1n) is 15.2. The van der Waals surface area contributed by atoms with Crippen molar-refractivity contribution in [3.63, 3.8) is 0 Å². The second-order valence-corrected chi connectivity index (χ2v) is 15.9. The lowest BCUT2D eigenvalue weighted by molar-refractivity contribution is -0.200. The molecule has 8 heteroatoms. The fourth-order valence-electron chi connectivity index (χ4n) is 11.0. The van der Waals surface area contributed by atoms with Crippen LogP contribution in [0.5, 0.6) is 6.01 Å². The van der Waals surface area contributed by atoms with Gasteiger partial charge in [-0.05, 0) is 109 Å². The number of aromatic nitrogens is 2. The van der Waals surface area contributed by atoms with Gasteiger partial charge in [-0.15, -0.1) is 0 Å². The number of hydrogen-bond acceptors (Lipinski definition) is 6. The molecule has 0 amide bonds. The van der Waals surface area contributed by atoms with Gasteiger partial charge in [0, 0.05) is 11.3 Å². The standard InChI is InChI=1S/C32H46N2O6/c1-27(2)21-8-11-32(7)23(30(21,5)10-9-22(27)39-25-33-26(38)40-34-25)20(35)16-18-19-17-29(4,24(36)37)13-12-28(19,3)14-15-31(18,32)6/h16,19,21-23H,8-15,17H2,1-7H3,(H,36,37)(H,33,34,38)/t19-,21-,22-,23+,28+,29-,30-,31+,32+/m0/s1. The number of fused-ring (bicyclic) bond motifs is 7. The van der Waals surface area contributed by atoms with Crippen molar-refractivity contribution in [2.24, 2.45) is 50.2 Å². The van der Waals surface area contributed by atoms with Crippen molar-refractivity contribution in [2.45, 2.75) is 112 Å². The van der Waals surface area contributed by atoms with E-state index in [-0.39, 0.29) is 62.7 Å². The van der Waals surface area contributed by atoms with Gasteiger partial charge in [0.1, 0.15) is 6.10 Å². The maximum atomic E-state index is 14.5. The molecular weight excluding hydrogens is 508 g/mol. The number of aliphatic carboxylic acids is 1. The molecule has 1 heterocycles. The van der Waals surface area contributed by atoms with Crippen LogP contribution in [0.25, 0.3) is 0 Å². The van der Waals surface area contributed by atoms with Crippen molar-refractivity contribution < 1.29 is 24.0 Å². The molecule has 0 aromatic carbocycles. The molecule has 4 fully saturated rings. The largest absolute Gasteiger partial charge is 0.481 e. The number of aromatic amines is 1. The summed E-state index contributed by atoms with van der Waals surface area (Å²) in [6, 6.07) is 0.118. The summed E-state index contributed by atoms with van der Waals surface area (Å²) in [6.07, 6.45) is 9.77. The van der Waals surface area contributed by atoms with Gasteiger partial charge in [0.25, 0.3) is 0 Å². The minimum atomic E-state index is -0.746. The normalized spacial score (nSPS) is 47.7. The van der Waals surface area contributed by atoms with E-state index >= 15 is 0 Å². The van der Waals surface area contributed by atoms with Gasteiger partial charge < -0.3 is 9.84 Å². The highest BCUT2D eigenvalue weighted by Crippen LogP contribution is 2.75. The van der Waals surface area contributed by atoms with E-state index in [9.17, 15) is 19.5 Å². The molecule has 0 spiro atoms. The highest BCUT2D eigenvalue weighted by atomic mass is 16.6. The molecule has 1 aromatic rings. The zero-order valence-electron chi connectivity index (χ0n) is 25.2. The molecule has 5 aliphatic rings. The van der Waals surface area contributed by atoms with E-state index in [1.165, 1.54) is 5.57 Å². The van der Waals surface area contributed by atoms with E-state index in [1.54, 1.807) is 0 Å². The number of carboxylic acid groups (broad SMARTS) is 1. The smallest absolute Gasteiger partial charge is 0.441 e. The summed E-state index contributed by atoms with van der Waals surface area (Å²) >= 11 is 0. The quantitative estimate of drug-likeness (QED) is 0.458. The van der Waals surface area contributed by atoms with Crippen LogP contribution in [0.4, 0.5) is 0 Å². The molecule has 40 heavy (non-hydrogen) atoms. The number of ketones is 1. The summed E-state index contributed by atoms with van der Waals surface area (Å²) in [5, 5.41) is 13.9. The van der Waals surface area contributed by atoms with Crippen molar-refractivity contribution in [3.8, 4) is 6.01 Å². The van der Waals surface area contributed by atoms with Crippen LogP contribution in [0.3, 0.4) is 0 Å². The number of nitrogens with one attached hydrogen (secondary N) is 1. The molecule has 0 radical (unpaired) electrons. The molecule has 9 atom stereocenters. The van der Waals surface area contributed by atoms with Crippen LogP contribution in [0.1, 0.15) is 106 Å². The number of carbonyl (C=O) groups excluding carboxylic acids is 1. The highest BCUT2D eigenvalue weighted by Gasteiger charge is 2.70. The average Bonchev–Trinajstić information content (AvgIpc) is 3.27. The van der Waals surface area contributed by atoms with Crippen molar-refractivity contribution in [1.82, 2.24) is 10.1 Å². The Morgan fingerprint density at radius 2 is 1.70 bits per heavy atom. The van der Waals surface area contributed by atoms with Crippen LogP contribution >= 0.6 is 0 Å². The van der Waals surface area contributed by atoms with Gasteiger partial charge in [0.2, 0.25) is 0 Å². The van der Waals surface area contributed by atoms with E-state index in [4.69, 9.17) is 4.74 Å². The van der Waals surface area contributed by atoms with Crippen LogP contribution < -0.4 is 10.5 Å². The molecule has 0 saturated heterocycles. The van der Waals surface area contributed by atoms with Crippen molar-refractivity contribution in [3.05, 3.63) is 22.2 Å². The monoisotopic (exact) mass is 554 g/mol. The average molecular weight is 555 g/mol. The van der Waals surface area contributed by atoms with Gasteiger partial charge in [-0.2, -0.15) is 0 Å². The van der Waals surface area contributed by atoms with Gasteiger partial charge in [-0.1, -0.05) is 47.1 Å². The molecule has 0 bridgehead atoms. The van der Waals surface area contributed by atoms with Crippen molar-refractivity contribution >= 4 is 11.8 Å². The molecule has 6 rings (SSSR count). The number of ether oxygens (including phenoxy) is 1. The Kier molecular flexibility index (Phi) is 5.79. The Labute approximate surface area is 236 Å². The zero-order valence-corrected chi connectivity index (χ0v) is 25.2. The van der Waals surface area contributed by atoms with Crippen LogP contribution in [-0.2, 0) is 9.59 Å². The summed E-state index contributed by atoms with van der Waals surface area (Å²) in [4.78, 5) is 40.8. The highest BCUT2D eigenvalue weighted by molar-refractivity contribution is 5.95. The van der Waals surface area contributed by atoms with Gasteiger partial charge >= 0.3 is 17.7 Å². The van der Waals surface area contributed by atoms with Gasteiger partial charge in [-0.3, -0.25) is 14.1 Å². The van der Waals surface area contributed by atoms with Gasteiger partial charge in [0.05, 0.1) is 5.41 Å². The number of hydrogen-bond donors (Lipinski definition) is 2. The van der Waals surface area contributed by atoms with Crippen LogP contribution in [0.2, 0.25) is 0 Å². The molecule has 220 valence electrons. The number of rotatable bonds is 3. The fourth-order valence-corrected chi connectivity index (χ4v) is 11.0. The van der Waals surface area contributed by atoms with Crippen molar-refractivity contribution in [2.75, 3.05) is 0 Å². The van der Waals surface area contributed by atoms with Gasteiger partial charge in [-0.25, -0.2) is 9.78 Å². The Bertz CT molecular complexity index is 1340. The first-order valence-corrected chi connectivity index (χ1v) is 15.2. The van der Waals surface area contributed by atoms with Crippen LogP contribution in [0.15, 0.2) is 21.0 Å². The topological polar surface area (TPSA) is 122 Å². The summed E-state index contributed by atoms with van der Waals surface area (Å²) in [7, 11) is 0. The lowest BCUT2D eigenvalue weighted by Gasteiger charge is -2.70. The molecule has 0 unspecified atom stereocenters. The number of nitrogens with zero attached hydrogens (tertiary/aromatic N) is 1. The third kappa shape index (κ3) is 3.49. The molecule has 1 aromatic heterocycles. The predicted octanol–water partition coefficient (Wildman–Crippen LogP) is 6.18.